The monoisotopic (exact) mass is 532 g/mol. The lowest BCUT2D eigenvalue weighted by atomic mass is 10.1. The van der Waals surface area contributed by atoms with E-state index in [-0.39, 0.29) is 35.5 Å². The zero-order chi connectivity index (χ0) is 27.8. The zero-order valence-electron chi connectivity index (χ0n) is 23.0. The number of hydrogen-bond donors (Lipinski definition) is 4. The van der Waals surface area contributed by atoms with E-state index in [2.05, 4.69) is 21.3 Å². The minimum absolute atomic E-state index is 0.0384. The molecule has 0 heterocycles. The summed E-state index contributed by atoms with van der Waals surface area (Å²) in [4.78, 5) is 48.9. The number of rotatable bonds is 14. The Morgan fingerprint density at radius 3 is 1.36 bits per heavy atom. The van der Waals surface area contributed by atoms with Crippen molar-refractivity contribution in [3.8, 4) is 0 Å². The van der Waals surface area contributed by atoms with E-state index in [1.165, 1.54) is 0 Å². The Labute approximate surface area is 230 Å². The van der Waals surface area contributed by atoms with E-state index in [0.717, 1.165) is 80.3 Å². The Kier molecular flexibility index (Phi) is 9.74. The van der Waals surface area contributed by atoms with E-state index in [1.807, 2.05) is 50.2 Å². The fourth-order valence-electron chi connectivity index (χ4n) is 4.38. The first-order valence-electron chi connectivity index (χ1n) is 14.2. The minimum atomic E-state index is -0.0384. The van der Waals surface area contributed by atoms with Crippen LogP contribution in [-0.4, -0.2) is 23.6 Å². The van der Waals surface area contributed by atoms with Crippen molar-refractivity contribution in [3.63, 3.8) is 0 Å². The summed E-state index contributed by atoms with van der Waals surface area (Å²) in [5.74, 6) is 0.289. The Morgan fingerprint density at radius 2 is 0.974 bits per heavy atom. The van der Waals surface area contributed by atoms with Gasteiger partial charge in [-0.1, -0.05) is 31.4 Å². The molecule has 0 saturated heterocycles. The topological polar surface area (TPSA) is 116 Å². The molecule has 39 heavy (non-hydrogen) atoms. The van der Waals surface area contributed by atoms with Crippen molar-refractivity contribution in [2.24, 2.45) is 11.8 Å². The smallest absolute Gasteiger partial charge is 0.227 e. The number of carbonyl (C=O) groups excluding carboxylic acids is 4. The van der Waals surface area contributed by atoms with Crippen LogP contribution in [0.4, 0.5) is 22.7 Å². The maximum Gasteiger partial charge on any atom is 0.227 e. The predicted octanol–water partition coefficient (Wildman–Crippen LogP) is 6.31. The molecule has 0 bridgehead atoms. The van der Waals surface area contributed by atoms with Crippen molar-refractivity contribution in [2.45, 2.75) is 84.5 Å². The van der Waals surface area contributed by atoms with Gasteiger partial charge in [-0.25, -0.2) is 0 Å². The fourth-order valence-corrected chi connectivity index (χ4v) is 4.38. The third-order valence-electron chi connectivity index (χ3n) is 7.26. The van der Waals surface area contributed by atoms with Gasteiger partial charge < -0.3 is 21.3 Å². The van der Waals surface area contributed by atoms with Crippen LogP contribution in [-0.2, 0) is 19.2 Å². The average Bonchev–Trinajstić information content (AvgIpc) is 3.80. The van der Waals surface area contributed by atoms with Crippen molar-refractivity contribution in [1.82, 2.24) is 0 Å². The molecule has 4 amide bonds. The molecule has 2 aromatic rings. The summed E-state index contributed by atoms with van der Waals surface area (Å²) in [6.07, 6.45) is 9.05. The molecular weight excluding hydrogens is 492 g/mol. The molecule has 2 aliphatic carbocycles. The van der Waals surface area contributed by atoms with Crippen LogP contribution in [0.2, 0.25) is 0 Å². The third-order valence-corrected chi connectivity index (χ3v) is 7.26. The van der Waals surface area contributed by atoms with Crippen LogP contribution in [0, 0.1) is 25.7 Å². The molecule has 8 nitrogen and oxygen atoms in total. The van der Waals surface area contributed by atoms with Crippen molar-refractivity contribution in [3.05, 3.63) is 47.5 Å². The molecule has 4 rings (SSSR count). The molecule has 208 valence electrons. The maximum absolute atomic E-state index is 12.4. The van der Waals surface area contributed by atoms with Crippen molar-refractivity contribution in [1.29, 1.82) is 0 Å². The molecule has 4 N–H and O–H groups in total. The van der Waals surface area contributed by atoms with E-state index < -0.39 is 0 Å². The lowest BCUT2D eigenvalue weighted by Gasteiger charge is -2.12. The summed E-state index contributed by atoms with van der Waals surface area (Å²) in [6.45, 7) is 3.88. The fraction of sp³-hybridized carbons (Fsp3) is 0.484. The largest absolute Gasteiger partial charge is 0.326 e. The molecule has 0 unspecified atom stereocenters. The highest BCUT2D eigenvalue weighted by Crippen LogP contribution is 2.32. The SMILES string of the molecule is Cc1ccc(NC(=O)CCCCCCCC(=O)Nc2ccc(C)c(NC(=O)C3CC3)c2)cc1NC(=O)C1CC1. The zero-order valence-corrected chi connectivity index (χ0v) is 23.0. The van der Waals surface area contributed by atoms with Gasteiger partial charge in [0.2, 0.25) is 23.6 Å². The second kappa shape index (κ2) is 13.4. The van der Waals surface area contributed by atoms with Crippen LogP contribution in [0.15, 0.2) is 36.4 Å². The summed E-state index contributed by atoms with van der Waals surface area (Å²) in [5, 5.41) is 11.8. The summed E-state index contributed by atoms with van der Waals surface area (Å²) in [7, 11) is 0. The van der Waals surface area contributed by atoms with E-state index in [4.69, 9.17) is 0 Å². The molecule has 0 aliphatic heterocycles. The maximum atomic E-state index is 12.4. The van der Waals surface area contributed by atoms with Crippen LogP contribution in [0.3, 0.4) is 0 Å². The van der Waals surface area contributed by atoms with E-state index in [1.54, 1.807) is 0 Å². The second-order valence-electron chi connectivity index (χ2n) is 11.0. The first-order valence-corrected chi connectivity index (χ1v) is 14.2. The summed E-state index contributed by atoms with van der Waals surface area (Å²) >= 11 is 0. The molecule has 2 aliphatic rings. The highest BCUT2D eigenvalue weighted by atomic mass is 16.2. The second-order valence-corrected chi connectivity index (χ2v) is 11.0. The number of nitrogens with one attached hydrogen (secondary N) is 4. The van der Waals surface area contributed by atoms with Crippen LogP contribution >= 0.6 is 0 Å². The van der Waals surface area contributed by atoms with Gasteiger partial charge in [0.25, 0.3) is 0 Å². The number of aryl methyl sites for hydroxylation is 2. The van der Waals surface area contributed by atoms with Gasteiger partial charge in [0.05, 0.1) is 0 Å². The van der Waals surface area contributed by atoms with E-state index in [9.17, 15) is 19.2 Å². The van der Waals surface area contributed by atoms with Gasteiger partial charge in [-0.2, -0.15) is 0 Å². The lowest BCUT2D eigenvalue weighted by molar-refractivity contribution is -0.118. The van der Waals surface area contributed by atoms with Gasteiger partial charge in [0.1, 0.15) is 0 Å². The van der Waals surface area contributed by atoms with Gasteiger partial charge in [-0.05, 0) is 87.8 Å². The Hall–Kier alpha value is -3.68. The summed E-state index contributed by atoms with van der Waals surface area (Å²) in [6, 6.07) is 11.2. The summed E-state index contributed by atoms with van der Waals surface area (Å²) in [5.41, 5.74) is 4.81. The number of hydrogen-bond acceptors (Lipinski definition) is 4. The van der Waals surface area contributed by atoms with Crippen LogP contribution in [0.1, 0.15) is 81.8 Å². The van der Waals surface area contributed by atoms with Crippen molar-refractivity contribution >= 4 is 46.4 Å². The molecule has 2 saturated carbocycles. The molecule has 0 radical (unpaired) electrons. The normalized spacial score (nSPS) is 14.4. The van der Waals surface area contributed by atoms with Gasteiger partial charge in [0.15, 0.2) is 0 Å². The molecule has 0 atom stereocenters. The summed E-state index contributed by atoms with van der Waals surface area (Å²) < 4.78 is 0. The molecule has 0 aromatic heterocycles. The Morgan fingerprint density at radius 1 is 0.590 bits per heavy atom. The number of unbranched alkanes of at least 4 members (excludes halogenated alkanes) is 4. The number of benzene rings is 2. The first kappa shape index (κ1) is 28.3. The third kappa shape index (κ3) is 9.23. The Bertz CT molecular complexity index is 1120. The van der Waals surface area contributed by atoms with E-state index >= 15 is 0 Å². The van der Waals surface area contributed by atoms with E-state index in [0.29, 0.717) is 24.2 Å². The van der Waals surface area contributed by atoms with Crippen LogP contribution in [0.25, 0.3) is 0 Å². The predicted molar refractivity (Wildman–Crippen MR) is 155 cm³/mol. The number of carbonyl (C=O) groups is 4. The minimum Gasteiger partial charge on any atom is -0.326 e. The molecule has 2 aromatic carbocycles. The molecular formula is C31H40N4O4. The lowest BCUT2D eigenvalue weighted by Crippen LogP contribution is -2.15. The van der Waals surface area contributed by atoms with Crippen LogP contribution < -0.4 is 21.3 Å². The number of anilines is 4. The van der Waals surface area contributed by atoms with Gasteiger partial charge in [-0.3, -0.25) is 19.2 Å². The Balaban J connectivity index is 1.08. The molecule has 2 fully saturated rings. The van der Waals surface area contributed by atoms with Crippen LogP contribution in [0.5, 0.6) is 0 Å². The number of amides is 4. The van der Waals surface area contributed by atoms with Gasteiger partial charge in [-0.15, -0.1) is 0 Å². The van der Waals surface area contributed by atoms with Gasteiger partial charge in [0, 0.05) is 47.4 Å². The van der Waals surface area contributed by atoms with Crippen molar-refractivity contribution < 1.29 is 19.2 Å². The average molecular weight is 533 g/mol. The quantitative estimate of drug-likeness (QED) is 0.213. The first-order chi connectivity index (χ1) is 18.8. The van der Waals surface area contributed by atoms with Crippen molar-refractivity contribution in [2.75, 3.05) is 21.3 Å². The van der Waals surface area contributed by atoms with Gasteiger partial charge >= 0.3 is 0 Å². The highest BCUT2D eigenvalue weighted by Gasteiger charge is 2.30. The highest BCUT2D eigenvalue weighted by molar-refractivity contribution is 5.97. The molecule has 8 heteroatoms. The standard InChI is InChI=1S/C31H40N4O4/c1-20-10-16-24(18-26(20)34-30(38)22-12-13-22)32-28(36)8-6-4-3-5-7-9-29(37)33-25-17-11-21(2)27(19-25)35-31(39)23-14-15-23/h10-11,16-19,22-23H,3-9,12-15H2,1-2H3,(H,32,36)(H,33,37)(H,34,38)(H,35,39). The molecule has 0 spiro atoms.